The maximum absolute atomic E-state index is 15.2. The Balaban J connectivity index is 0.917. The Bertz CT molecular complexity index is 3780. The zero-order valence-corrected chi connectivity index (χ0v) is 49.1. The van der Waals surface area contributed by atoms with E-state index in [1.54, 1.807) is 60.7 Å². The molecule has 8 aromatic rings. The lowest BCUT2D eigenvalue weighted by molar-refractivity contribution is -0.162. The van der Waals surface area contributed by atoms with E-state index < -0.39 is 86.2 Å². The lowest BCUT2D eigenvalue weighted by atomic mass is 9.75. The summed E-state index contributed by atoms with van der Waals surface area (Å²) in [6, 6.07) is 53.4. The smallest absolute Gasteiger partial charge is 0.351 e. The van der Waals surface area contributed by atoms with Crippen LogP contribution in [0.3, 0.4) is 0 Å². The number of hydrogen-bond acceptors (Lipinski definition) is 15. The lowest BCUT2D eigenvalue weighted by Gasteiger charge is -2.50. The van der Waals surface area contributed by atoms with Crippen molar-refractivity contribution in [1.29, 1.82) is 0 Å². The van der Waals surface area contributed by atoms with Crippen molar-refractivity contribution in [1.82, 2.24) is 28.7 Å². The van der Waals surface area contributed by atoms with Gasteiger partial charge in [0.05, 0.1) is 37.6 Å². The number of hydrogen-bond donors (Lipinski definition) is 3. The summed E-state index contributed by atoms with van der Waals surface area (Å²) in [4.78, 5) is 90.8. The minimum absolute atomic E-state index is 0.0222. The summed E-state index contributed by atoms with van der Waals surface area (Å²) in [6.07, 6.45) is -2.09. The SMILES string of the molecule is Cc1cc(COC(=O)CCC(=O)OC[C@@H]2CN(P(N)(=O)OC[C@@H]3CN(C(c4ccccc4)(c4ccccc4)c4ccccc4)C[C@H](n4ccc(NC(=O)c5ccccc5)nc4=O)O3)C[C@H](n3ccc(NC(=O)c4ccccc4)nc3=O)O2)cc(C)c1C. The molecule has 87 heavy (non-hydrogen) atoms. The summed E-state index contributed by atoms with van der Waals surface area (Å²) in [5.41, 5.74) is 11.7. The number of nitrogens with zero attached hydrogens (tertiary/aromatic N) is 6. The van der Waals surface area contributed by atoms with Gasteiger partial charge in [-0.3, -0.25) is 37.8 Å². The van der Waals surface area contributed by atoms with Gasteiger partial charge in [0.2, 0.25) is 0 Å². The van der Waals surface area contributed by atoms with Crippen LogP contribution in [0.25, 0.3) is 0 Å². The van der Waals surface area contributed by atoms with Crippen LogP contribution >= 0.6 is 7.67 Å². The van der Waals surface area contributed by atoms with E-state index >= 15 is 4.57 Å². The van der Waals surface area contributed by atoms with Crippen LogP contribution < -0.4 is 27.5 Å². The Hall–Kier alpha value is -9.05. The minimum atomic E-state index is -4.47. The molecule has 1 unspecified atom stereocenters. The molecule has 0 bridgehead atoms. The quantitative estimate of drug-likeness (QED) is 0.0346. The second-order valence-corrected chi connectivity index (χ2v) is 23.2. The molecule has 4 N–H and O–H groups in total. The van der Waals surface area contributed by atoms with Gasteiger partial charge in [-0.05, 0) is 96.1 Å². The van der Waals surface area contributed by atoms with E-state index in [1.165, 1.54) is 33.8 Å². The van der Waals surface area contributed by atoms with Gasteiger partial charge in [0.15, 0.2) is 12.5 Å². The number of nitrogens with one attached hydrogen (secondary N) is 2. The number of carbonyl (C=O) groups is 4. The molecular weight excluding hydrogens is 1130 g/mol. The van der Waals surface area contributed by atoms with E-state index in [2.05, 4.69) is 25.5 Å². The van der Waals surface area contributed by atoms with Crippen LogP contribution in [-0.2, 0) is 49.8 Å². The number of anilines is 2. The van der Waals surface area contributed by atoms with Gasteiger partial charge in [-0.2, -0.15) is 9.97 Å². The number of carbonyl (C=O) groups excluding carboxylic acids is 4. The van der Waals surface area contributed by atoms with E-state index in [0.29, 0.717) is 11.1 Å². The molecule has 0 radical (unpaired) electrons. The summed E-state index contributed by atoms with van der Waals surface area (Å²) in [6.45, 7) is 4.89. The number of aryl methyl sites for hydroxylation is 2. The van der Waals surface area contributed by atoms with Gasteiger partial charge in [0.1, 0.15) is 31.0 Å². The Morgan fingerprint density at radius 1 is 0.575 bits per heavy atom. The highest BCUT2D eigenvalue weighted by molar-refractivity contribution is 7.53. The minimum Gasteiger partial charge on any atom is -0.463 e. The molecular formula is C65H66N9O12P. The maximum atomic E-state index is 15.2. The predicted molar refractivity (Wildman–Crippen MR) is 324 cm³/mol. The molecule has 22 heteroatoms. The zero-order valence-electron chi connectivity index (χ0n) is 48.2. The Morgan fingerprint density at radius 3 is 1.46 bits per heavy atom. The number of esters is 2. The van der Waals surface area contributed by atoms with Crippen molar-refractivity contribution in [2.75, 3.05) is 50.0 Å². The third-order valence-corrected chi connectivity index (χ3v) is 17.0. The number of morpholine rings is 2. The molecule has 448 valence electrons. The van der Waals surface area contributed by atoms with E-state index in [4.69, 9.17) is 29.0 Å². The molecule has 2 saturated heterocycles. The first-order valence-electron chi connectivity index (χ1n) is 28.3. The molecule has 2 fully saturated rings. The topological polar surface area (TPSA) is 258 Å². The molecule has 5 atom stereocenters. The number of rotatable bonds is 21. The van der Waals surface area contributed by atoms with E-state index in [-0.39, 0.29) is 57.3 Å². The fraction of sp³-hybridized carbons (Fsp3) is 0.262. The number of amides is 2. The first-order valence-corrected chi connectivity index (χ1v) is 30.0. The van der Waals surface area contributed by atoms with E-state index in [0.717, 1.165) is 43.5 Å². The molecule has 2 aliphatic heterocycles. The molecule has 21 nitrogen and oxygen atoms in total. The van der Waals surface area contributed by atoms with Crippen LogP contribution in [0.2, 0.25) is 0 Å². The summed E-state index contributed by atoms with van der Waals surface area (Å²) in [7, 11) is -4.47. The van der Waals surface area contributed by atoms with Gasteiger partial charge in [0.25, 0.3) is 11.8 Å². The summed E-state index contributed by atoms with van der Waals surface area (Å²) < 4.78 is 49.5. The summed E-state index contributed by atoms with van der Waals surface area (Å²) in [5.74, 6) is -2.33. The van der Waals surface area contributed by atoms with Crippen molar-refractivity contribution in [3.05, 3.63) is 259 Å². The van der Waals surface area contributed by atoms with Crippen LogP contribution in [0.5, 0.6) is 0 Å². The highest BCUT2D eigenvalue weighted by Gasteiger charge is 2.48. The molecule has 0 spiro atoms. The first-order chi connectivity index (χ1) is 42.0. The molecule has 2 aromatic heterocycles. The second kappa shape index (κ2) is 27.5. The fourth-order valence-electron chi connectivity index (χ4n) is 10.8. The third kappa shape index (κ3) is 14.6. The number of benzene rings is 6. The fourth-order valence-corrected chi connectivity index (χ4v) is 12.2. The largest absolute Gasteiger partial charge is 0.463 e. The first kappa shape index (κ1) is 61.1. The normalized spacial score (nSPS) is 18.0. The highest BCUT2D eigenvalue weighted by atomic mass is 31.2. The number of nitrogens with two attached hydrogens (primary N) is 1. The van der Waals surface area contributed by atoms with Crippen LogP contribution in [0, 0.1) is 20.8 Å². The summed E-state index contributed by atoms with van der Waals surface area (Å²) in [5, 5.41) is 5.32. The molecule has 0 saturated carbocycles. The van der Waals surface area contributed by atoms with Gasteiger partial charge in [-0.25, -0.2) is 19.8 Å². The second-order valence-electron chi connectivity index (χ2n) is 21.2. The maximum Gasteiger partial charge on any atom is 0.351 e. The molecule has 4 heterocycles. The van der Waals surface area contributed by atoms with Crippen molar-refractivity contribution in [2.24, 2.45) is 5.50 Å². The third-order valence-electron chi connectivity index (χ3n) is 15.4. The highest BCUT2D eigenvalue weighted by Crippen LogP contribution is 2.48. The lowest BCUT2D eigenvalue weighted by Crippen LogP contribution is -2.58. The van der Waals surface area contributed by atoms with Gasteiger partial charge in [0, 0.05) is 43.2 Å². The Kier molecular flexibility index (Phi) is 19.3. The van der Waals surface area contributed by atoms with Crippen molar-refractivity contribution >= 4 is 43.1 Å². The van der Waals surface area contributed by atoms with Crippen molar-refractivity contribution in [3.8, 4) is 0 Å². The van der Waals surface area contributed by atoms with E-state index in [1.807, 2.05) is 124 Å². The monoisotopic (exact) mass is 1200 g/mol. The van der Waals surface area contributed by atoms with Crippen molar-refractivity contribution < 1.29 is 47.2 Å². The standard InChI is InChI=1S/C65H66N9O12P/c1-44-35-47(36-45(2)46(44)3)41-82-59(75)29-30-60(76)83-42-54-38-72(40-58(86-54)74-34-32-56(70-64(74)80)68-62(78)49-21-11-5-12-22-49)87(66,81)84-43-53-37-71(39-57(85-53)73-33-31-55(69-63(73)79)67-61(77)48-19-9-4-10-20-48)65(50-23-13-6-14-24-50,51-25-15-7-16-26-51)52-27-17-8-18-28-52/h4-28,31-36,53-54,57-58H,29-30,37-43H2,1-3H3,(H2,66,81)(H,67,69,77,79)(H,68,70,78,80)/t53-,54-,57+,58+,87?/m0/s1. The number of ether oxygens (including phenoxy) is 4. The average Bonchev–Trinajstić information content (AvgIpc) is 0.911. The van der Waals surface area contributed by atoms with Gasteiger partial charge in [-0.15, -0.1) is 0 Å². The number of aromatic nitrogens is 4. The van der Waals surface area contributed by atoms with Gasteiger partial charge in [-0.1, -0.05) is 140 Å². The van der Waals surface area contributed by atoms with Crippen LogP contribution in [0.1, 0.15) is 85.0 Å². The zero-order chi connectivity index (χ0) is 61.1. The van der Waals surface area contributed by atoms with Crippen molar-refractivity contribution in [3.63, 3.8) is 0 Å². The van der Waals surface area contributed by atoms with Crippen LogP contribution in [0.4, 0.5) is 11.6 Å². The van der Waals surface area contributed by atoms with Crippen LogP contribution in [0.15, 0.2) is 198 Å². The predicted octanol–water partition coefficient (Wildman–Crippen LogP) is 8.47. The van der Waals surface area contributed by atoms with Gasteiger partial charge < -0.3 is 34.1 Å². The van der Waals surface area contributed by atoms with E-state index in [9.17, 15) is 28.8 Å². The molecule has 10 rings (SSSR count). The van der Waals surface area contributed by atoms with Gasteiger partial charge >= 0.3 is 31.0 Å². The summed E-state index contributed by atoms with van der Waals surface area (Å²) >= 11 is 0. The molecule has 2 amide bonds. The Morgan fingerprint density at radius 2 is 1.00 bits per heavy atom. The Labute approximate surface area is 502 Å². The molecule has 6 aromatic carbocycles. The molecule has 2 aliphatic rings. The average molecular weight is 1200 g/mol. The van der Waals surface area contributed by atoms with Crippen LogP contribution in [-0.4, -0.2) is 104 Å². The van der Waals surface area contributed by atoms with Crippen molar-refractivity contribution in [2.45, 2.75) is 70.4 Å². The molecule has 0 aliphatic carbocycles.